The SMILES string of the molecule is O=C(NCc1ccc(F)cc1Cl)c1cccc(CN2C(=O)[C@H]3CCCN3C(=O)c3ccccc32)c1. The normalized spacial score (nSPS) is 17.1. The Morgan fingerprint density at radius 1 is 1.06 bits per heavy atom. The van der Waals surface area contributed by atoms with Crippen LogP contribution in [0.15, 0.2) is 66.7 Å². The molecule has 8 heteroatoms. The predicted octanol–water partition coefficient (Wildman–Crippen LogP) is 4.56. The molecule has 1 fully saturated rings. The second kappa shape index (κ2) is 9.50. The van der Waals surface area contributed by atoms with Gasteiger partial charge in [-0.05, 0) is 60.4 Å². The maximum Gasteiger partial charge on any atom is 0.256 e. The molecule has 35 heavy (non-hydrogen) atoms. The van der Waals surface area contributed by atoms with Gasteiger partial charge in [0.05, 0.1) is 17.8 Å². The van der Waals surface area contributed by atoms with Gasteiger partial charge in [0, 0.05) is 23.7 Å². The number of para-hydroxylation sites is 1. The maximum atomic E-state index is 13.5. The number of carbonyl (C=O) groups excluding carboxylic acids is 3. The number of benzene rings is 3. The molecule has 3 amide bonds. The highest BCUT2D eigenvalue weighted by Crippen LogP contribution is 2.33. The van der Waals surface area contributed by atoms with Gasteiger partial charge in [-0.25, -0.2) is 4.39 Å². The molecule has 2 aliphatic heterocycles. The predicted molar refractivity (Wildman–Crippen MR) is 131 cm³/mol. The van der Waals surface area contributed by atoms with Crippen LogP contribution in [0.4, 0.5) is 10.1 Å². The van der Waals surface area contributed by atoms with Crippen molar-refractivity contribution in [2.24, 2.45) is 0 Å². The lowest BCUT2D eigenvalue weighted by Crippen LogP contribution is -2.44. The van der Waals surface area contributed by atoms with Gasteiger partial charge >= 0.3 is 0 Å². The summed E-state index contributed by atoms with van der Waals surface area (Å²) in [4.78, 5) is 42.7. The molecule has 1 atom stereocenters. The molecule has 3 aromatic carbocycles. The number of amides is 3. The van der Waals surface area contributed by atoms with E-state index in [9.17, 15) is 18.8 Å². The highest BCUT2D eigenvalue weighted by atomic mass is 35.5. The Bertz CT molecular complexity index is 1330. The summed E-state index contributed by atoms with van der Waals surface area (Å²) < 4.78 is 13.3. The molecule has 1 saturated heterocycles. The van der Waals surface area contributed by atoms with Gasteiger partial charge < -0.3 is 15.1 Å². The van der Waals surface area contributed by atoms with Crippen LogP contribution in [0.25, 0.3) is 0 Å². The van der Waals surface area contributed by atoms with Crippen LogP contribution in [0.3, 0.4) is 0 Å². The van der Waals surface area contributed by atoms with Crippen molar-refractivity contribution in [3.63, 3.8) is 0 Å². The van der Waals surface area contributed by atoms with E-state index in [2.05, 4.69) is 5.32 Å². The van der Waals surface area contributed by atoms with Crippen LogP contribution < -0.4 is 10.2 Å². The quantitative estimate of drug-likeness (QED) is 0.569. The molecule has 0 spiro atoms. The van der Waals surface area contributed by atoms with E-state index in [0.29, 0.717) is 35.3 Å². The second-order valence-electron chi connectivity index (χ2n) is 8.72. The van der Waals surface area contributed by atoms with Crippen molar-refractivity contribution < 1.29 is 18.8 Å². The number of anilines is 1. The monoisotopic (exact) mass is 491 g/mol. The fourth-order valence-corrected chi connectivity index (χ4v) is 4.94. The first-order chi connectivity index (χ1) is 16.9. The fraction of sp³-hybridized carbons (Fsp3) is 0.222. The Hall–Kier alpha value is -3.71. The summed E-state index contributed by atoms with van der Waals surface area (Å²) in [5.74, 6) is -0.982. The lowest BCUT2D eigenvalue weighted by Gasteiger charge is -2.26. The van der Waals surface area contributed by atoms with Crippen molar-refractivity contribution in [1.82, 2.24) is 10.2 Å². The van der Waals surface area contributed by atoms with Crippen LogP contribution >= 0.6 is 11.6 Å². The van der Waals surface area contributed by atoms with Crippen molar-refractivity contribution in [3.8, 4) is 0 Å². The number of rotatable bonds is 5. The summed E-state index contributed by atoms with van der Waals surface area (Å²) in [5, 5.41) is 3.04. The van der Waals surface area contributed by atoms with E-state index in [4.69, 9.17) is 11.6 Å². The number of nitrogens with zero attached hydrogens (tertiary/aromatic N) is 2. The van der Waals surface area contributed by atoms with E-state index < -0.39 is 11.9 Å². The third-order valence-corrected chi connectivity index (χ3v) is 6.83. The second-order valence-corrected chi connectivity index (χ2v) is 9.12. The van der Waals surface area contributed by atoms with Gasteiger partial charge in [0.1, 0.15) is 11.9 Å². The standard InChI is InChI=1S/C27H23ClFN3O3/c28-22-14-20(29)11-10-19(22)15-30-25(33)18-6-3-5-17(13-18)16-32-23-8-2-1-7-21(23)26(34)31-12-4-9-24(31)27(32)35/h1-3,5-8,10-11,13-14,24H,4,9,12,15-16H2,(H,30,33)/t24-/m1/s1. The molecule has 0 saturated carbocycles. The molecule has 3 aromatic rings. The Kier molecular flexibility index (Phi) is 6.26. The Labute approximate surface area is 207 Å². The molecule has 0 aromatic heterocycles. The van der Waals surface area contributed by atoms with Gasteiger partial charge in [-0.15, -0.1) is 0 Å². The highest BCUT2D eigenvalue weighted by Gasteiger charge is 2.41. The van der Waals surface area contributed by atoms with E-state index in [0.717, 1.165) is 12.0 Å². The molecule has 5 rings (SSSR count). The Morgan fingerprint density at radius 3 is 2.71 bits per heavy atom. The van der Waals surface area contributed by atoms with Crippen LogP contribution in [0, 0.1) is 5.82 Å². The summed E-state index contributed by atoms with van der Waals surface area (Å²) >= 11 is 6.05. The molecular weight excluding hydrogens is 469 g/mol. The molecule has 2 aliphatic rings. The van der Waals surface area contributed by atoms with Gasteiger partial charge in [0.2, 0.25) is 5.91 Å². The zero-order valence-corrected chi connectivity index (χ0v) is 19.6. The molecular formula is C27H23ClFN3O3. The summed E-state index contributed by atoms with van der Waals surface area (Å²) in [5.41, 5.74) is 2.89. The largest absolute Gasteiger partial charge is 0.348 e. The molecule has 0 bridgehead atoms. The van der Waals surface area contributed by atoms with Gasteiger partial charge in [0.15, 0.2) is 0 Å². The van der Waals surface area contributed by atoms with E-state index in [1.54, 1.807) is 46.2 Å². The number of halogens is 2. The van der Waals surface area contributed by atoms with E-state index in [1.165, 1.54) is 18.2 Å². The van der Waals surface area contributed by atoms with E-state index >= 15 is 0 Å². The lowest BCUT2D eigenvalue weighted by atomic mass is 10.1. The maximum absolute atomic E-state index is 13.5. The van der Waals surface area contributed by atoms with Crippen molar-refractivity contribution in [2.45, 2.75) is 32.0 Å². The van der Waals surface area contributed by atoms with Crippen molar-refractivity contribution in [1.29, 1.82) is 0 Å². The molecule has 0 radical (unpaired) electrons. The van der Waals surface area contributed by atoms with Crippen LogP contribution in [0.1, 0.15) is 44.7 Å². The minimum absolute atomic E-state index is 0.110. The first kappa shape index (κ1) is 23.1. The molecule has 6 nitrogen and oxygen atoms in total. The third-order valence-electron chi connectivity index (χ3n) is 6.47. The van der Waals surface area contributed by atoms with E-state index in [-0.39, 0.29) is 35.8 Å². The number of fused-ring (bicyclic) bond motifs is 2. The number of hydrogen-bond donors (Lipinski definition) is 1. The highest BCUT2D eigenvalue weighted by molar-refractivity contribution is 6.31. The lowest BCUT2D eigenvalue weighted by molar-refractivity contribution is -0.122. The summed E-state index contributed by atoms with van der Waals surface area (Å²) in [6.07, 6.45) is 1.44. The zero-order chi connectivity index (χ0) is 24.5. The van der Waals surface area contributed by atoms with Crippen molar-refractivity contribution in [2.75, 3.05) is 11.4 Å². The van der Waals surface area contributed by atoms with Crippen LogP contribution in [0.5, 0.6) is 0 Å². The zero-order valence-electron chi connectivity index (χ0n) is 18.8. The summed E-state index contributed by atoms with van der Waals surface area (Å²) in [6, 6.07) is 17.7. The number of nitrogens with one attached hydrogen (secondary N) is 1. The van der Waals surface area contributed by atoms with Gasteiger partial charge in [-0.1, -0.05) is 41.9 Å². The molecule has 1 N–H and O–H groups in total. The van der Waals surface area contributed by atoms with Crippen molar-refractivity contribution in [3.05, 3.63) is 99.8 Å². The Balaban J connectivity index is 1.37. The van der Waals surface area contributed by atoms with Crippen LogP contribution in [-0.4, -0.2) is 35.2 Å². The topological polar surface area (TPSA) is 69.7 Å². The Morgan fingerprint density at radius 2 is 1.89 bits per heavy atom. The molecule has 178 valence electrons. The smallest absolute Gasteiger partial charge is 0.256 e. The molecule has 2 heterocycles. The van der Waals surface area contributed by atoms with Crippen LogP contribution in [0.2, 0.25) is 5.02 Å². The first-order valence-electron chi connectivity index (χ1n) is 11.4. The average Bonchev–Trinajstić information content (AvgIpc) is 3.33. The van der Waals surface area contributed by atoms with Crippen LogP contribution in [-0.2, 0) is 17.9 Å². The average molecular weight is 492 g/mol. The number of carbonyl (C=O) groups is 3. The van der Waals surface area contributed by atoms with Gasteiger partial charge in [-0.2, -0.15) is 0 Å². The molecule has 0 aliphatic carbocycles. The minimum atomic E-state index is -0.471. The first-order valence-corrected chi connectivity index (χ1v) is 11.8. The van der Waals surface area contributed by atoms with Gasteiger partial charge in [0.25, 0.3) is 11.8 Å². The summed E-state index contributed by atoms with van der Waals surface area (Å²) in [6.45, 7) is 0.962. The number of hydrogen-bond acceptors (Lipinski definition) is 3. The van der Waals surface area contributed by atoms with Crippen molar-refractivity contribution >= 4 is 35.0 Å². The van der Waals surface area contributed by atoms with E-state index in [1.807, 2.05) is 12.1 Å². The fourth-order valence-electron chi connectivity index (χ4n) is 4.71. The minimum Gasteiger partial charge on any atom is -0.348 e. The summed E-state index contributed by atoms with van der Waals surface area (Å²) in [7, 11) is 0. The molecule has 0 unspecified atom stereocenters. The third kappa shape index (κ3) is 4.51. The van der Waals surface area contributed by atoms with Gasteiger partial charge in [-0.3, -0.25) is 14.4 Å².